The summed E-state index contributed by atoms with van der Waals surface area (Å²) < 4.78 is 10.3. The first-order chi connectivity index (χ1) is 9.20. The molecule has 0 aliphatic carbocycles. The number of anilines is 2. The Morgan fingerprint density at radius 1 is 1.42 bits per heavy atom. The Morgan fingerprint density at radius 2 is 2.26 bits per heavy atom. The minimum atomic E-state index is -0.473. The van der Waals surface area contributed by atoms with E-state index in [1.807, 2.05) is 0 Å². The Labute approximate surface area is 110 Å². The molecule has 0 saturated carbocycles. The molecule has 0 bridgehead atoms. The fraction of sp³-hybridized carbons (Fsp3) is 0.462. The molecular weight excluding hydrogens is 246 g/mol. The number of H-pyrrole nitrogens is 1. The number of rotatable bonds is 7. The van der Waals surface area contributed by atoms with Crippen LogP contribution < -0.4 is 16.8 Å². The molecule has 2 aromatic rings. The van der Waals surface area contributed by atoms with E-state index in [9.17, 15) is 4.79 Å². The fourth-order valence-electron chi connectivity index (χ4n) is 1.81. The summed E-state index contributed by atoms with van der Waals surface area (Å²) in [6, 6.07) is 3.42. The normalized spacial score (nSPS) is 11.0. The Morgan fingerprint density at radius 3 is 3.05 bits per heavy atom. The predicted molar refractivity (Wildman–Crippen MR) is 75.5 cm³/mol. The second kappa shape index (κ2) is 6.29. The number of nitrogen functional groups attached to an aromatic ring is 1. The van der Waals surface area contributed by atoms with E-state index in [0.717, 1.165) is 38.3 Å². The van der Waals surface area contributed by atoms with E-state index in [-0.39, 0.29) is 0 Å². The largest absolute Gasteiger partial charge is 0.417 e. The van der Waals surface area contributed by atoms with Crippen LogP contribution in [0.4, 0.5) is 11.4 Å². The molecule has 0 atom stereocenters. The van der Waals surface area contributed by atoms with Gasteiger partial charge in [-0.3, -0.25) is 4.98 Å². The van der Waals surface area contributed by atoms with Crippen LogP contribution in [0.2, 0.25) is 0 Å². The Kier molecular flexibility index (Phi) is 4.46. The lowest BCUT2D eigenvalue weighted by Gasteiger charge is -2.09. The summed E-state index contributed by atoms with van der Waals surface area (Å²) in [5.74, 6) is -0.473. The fourth-order valence-corrected chi connectivity index (χ4v) is 1.81. The average Bonchev–Trinajstić information content (AvgIpc) is 2.72. The number of nitrogens with one attached hydrogen (secondary N) is 2. The van der Waals surface area contributed by atoms with E-state index in [2.05, 4.69) is 17.2 Å². The first-order valence-electron chi connectivity index (χ1n) is 6.44. The standard InChI is InChI=1S/C13H19N3O3/c1-2-5-18-6-3-4-15-10-8-11-12(7-9(10)14)19-13(17)16-11/h7-8,15H,2-6,14H2,1H3,(H,16,17). The number of fused-ring (bicyclic) bond motifs is 1. The molecule has 4 N–H and O–H groups in total. The Balaban J connectivity index is 1.92. The molecule has 0 unspecified atom stereocenters. The molecule has 0 fully saturated rings. The zero-order valence-corrected chi connectivity index (χ0v) is 11.0. The van der Waals surface area contributed by atoms with Gasteiger partial charge in [-0.15, -0.1) is 0 Å². The van der Waals surface area contributed by atoms with Crippen LogP contribution in [0.5, 0.6) is 0 Å². The second-order valence-electron chi connectivity index (χ2n) is 4.34. The topological polar surface area (TPSA) is 93.3 Å². The van der Waals surface area contributed by atoms with Crippen molar-refractivity contribution in [2.45, 2.75) is 19.8 Å². The maximum absolute atomic E-state index is 11.1. The zero-order valence-electron chi connectivity index (χ0n) is 11.0. The maximum Gasteiger partial charge on any atom is 0.417 e. The second-order valence-corrected chi connectivity index (χ2v) is 4.34. The van der Waals surface area contributed by atoms with Crippen LogP contribution in [0.25, 0.3) is 11.1 Å². The lowest BCUT2D eigenvalue weighted by Crippen LogP contribution is -2.07. The van der Waals surface area contributed by atoms with Gasteiger partial charge in [0.15, 0.2) is 5.58 Å². The maximum atomic E-state index is 11.1. The highest BCUT2D eigenvalue weighted by atomic mass is 16.5. The van der Waals surface area contributed by atoms with Gasteiger partial charge in [-0.25, -0.2) is 4.79 Å². The number of benzene rings is 1. The van der Waals surface area contributed by atoms with Gasteiger partial charge in [-0.2, -0.15) is 0 Å². The van der Waals surface area contributed by atoms with Crippen molar-refractivity contribution in [2.24, 2.45) is 0 Å². The molecule has 0 saturated heterocycles. The number of aromatic nitrogens is 1. The average molecular weight is 265 g/mol. The van der Waals surface area contributed by atoms with Gasteiger partial charge in [0, 0.05) is 25.8 Å². The summed E-state index contributed by atoms with van der Waals surface area (Å²) in [6.45, 7) is 4.37. The molecular formula is C13H19N3O3. The molecule has 1 aromatic carbocycles. The molecule has 6 heteroatoms. The molecule has 0 aliphatic rings. The van der Waals surface area contributed by atoms with Crippen LogP contribution in [-0.4, -0.2) is 24.7 Å². The highest BCUT2D eigenvalue weighted by Gasteiger charge is 2.06. The van der Waals surface area contributed by atoms with Gasteiger partial charge in [0.1, 0.15) is 0 Å². The molecule has 0 spiro atoms. The van der Waals surface area contributed by atoms with Gasteiger partial charge in [-0.05, 0) is 18.9 Å². The molecule has 1 aromatic heterocycles. The number of ether oxygens (including phenoxy) is 1. The minimum absolute atomic E-state index is 0.472. The number of hydrogen-bond acceptors (Lipinski definition) is 5. The van der Waals surface area contributed by atoms with Crippen LogP contribution in [0.15, 0.2) is 21.3 Å². The molecule has 6 nitrogen and oxygen atoms in total. The molecule has 1 heterocycles. The molecule has 0 aliphatic heterocycles. The predicted octanol–water partition coefficient (Wildman–Crippen LogP) is 1.93. The zero-order chi connectivity index (χ0) is 13.7. The van der Waals surface area contributed by atoms with Crippen LogP contribution in [-0.2, 0) is 4.74 Å². The molecule has 19 heavy (non-hydrogen) atoms. The van der Waals surface area contributed by atoms with Crippen molar-refractivity contribution in [2.75, 3.05) is 30.8 Å². The number of nitrogens with two attached hydrogens (primary N) is 1. The number of aromatic amines is 1. The van der Waals surface area contributed by atoms with Gasteiger partial charge in [0.05, 0.1) is 16.9 Å². The first kappa shape index (κ1) is 13.5. The number of hydrogen-bond donors (Lipinski definition) is 3. The van der Waals surface area contributed by atoms with E-state index in [1.165, 1.54) is 0 Å². The van der Waals surface area contributed by atoms with Gasteiger partial charge < -0.3 is 20.2 Å². The summed E-state index contributed by atoms with van der Waals surface area (Å²) in [6.07, 6.45) is 1.93. The van der Waals surface area contributed by atoms with Crippen LogP contribution >= 0.6 is 0 Å². The van der Waals surface area contributed by atoms with E-state index in [1.54, 1.807) is 12.1 Å². The third-order valence-electron chi connectivity index (χ3n) is 2.72. The molecule has 0 radical (unpaired) electrons. The van der Waals surface area contributed by atoms with Gasteiger partial charge in [0.2, 0.25) is 0 Å². The van der Waals surface area contributed by atoms with Crippen LogP contribution in [0.1, 0.15) is 19.8 Å². The van der Waals surface area contributed by atoms with Crippen molar-refractivity contribution >= 4 is 22.5 Å². The molecule has 104 valence electrons. The first-order valence-corrected chi connectivity index (χ1v) is 6.44. The van der Waals surface area contributed by atoms with Crippen molar-refractivity contribution in [3.63, 3.8) is 0 Å². The quantitative estimate of drug-likeness (QED) is 0.525. The van der Waals surface area contributed by atoms with E-state index in [0.29, 0.717) is 16.8 Å². The van der Waals surface area contributed by atoms with Crippen molar-refractivity contribution in [1.29, 1.82) is 0 Å². The molecule has 2 rings (SSSR count). The summed E-state index contributed by atoms with van der Waals surface area (Å²) in [4.78, 5) is 13.7. The SMILES string of the molecule is CCCOCCCNc1cc2[nH]c(=O)oc2cc1N. The Bertz CT molecular complexity index is 588. The summed E-state index contributed by atoms with van der Waals surface area (Å²) in [5, 5.41) is 3.22. The van der Waals surface area contributed by atoms with Crippen LogP contribution in [0, 0.1) is 0 Å². The summed E-state index contributed by atoms with van der Waals surface area (Å²) in [7, 11) is 0. The minimum Gasteiger partial charge on any atom is -0.408 e. The Hall–Kier alpha value is -1.95. The summed E-state index contributed by atoms with van der Waals surface area (Å²) in [5.41, 5.74) is 8.35. The van der Waals surface area contributed by atoms with Crippen molar-refractivity contribution < 1.29 is 9.15 Å². The third kappa shape index (κ3) is 3.51. The highest BCUT2D eigenvalue weighted by Crippen LogP contribution is 2.24. The van der Waals surface area contributed by atoms with E-state index < -0.39 is 5.76 Å². The van der Waals surface area contributed by atoms with E-state index >= 15 is 0 Å². The molecule has 0 amide bonds. The van der Waals surface area contributed by atoms with E-state index in [4.69, 9.17) is 14.9 Å². The third-order valence-corrected chi connectivity index (χ3v) is 2.72. The van der Waals surface area contributed by atoms with Crippen molar-refractivity contribution in [3.05, 3.63) is 22.7 Å². The van der Waals surface area contributed by atoms with Gasteiger partial charge >= 0.3 is 5.76 Å². The monoisotopic (exact) mass is 265 g/mol. The smallest absolute Gasteiger partial charge is 0.408 e. The van der Waals surface area contributed by atoms with Gasteiger partial charge in [-0.1, -0.05) is 6.92 Å². The lowest BCUT2D eigenvalue weighted by molar-refractivity contribution is 0.134. The lowest BCUT2D eigenvalue weighted by atomic mass is 10.2. The number of oxazole rings is 1. The van der Waals surface area contributed by atoms with Gasteiger partial charge in [0.25, 0.3) is 0 Å². The summed E-state index contributed by atoms with van der Waals surface area (Å²) >= 11 is 0. The van der Waals surface area contributed by atoms with Crippen molar-refractivity contribution in [3.8, 4) is 0 Å². The highest BCUT2D eigenvalue weighted by molar-refractivity contribution is 5.85. The van der Waals surface area contributed by atoms with Crippen LogP contribution in [0.3, 0.4) is 0 Å². The van der Waals surface area contributed by atoms with Crippen molar-refractivity contribution in [1.82, 2.24) is 4.98 Å².